The van der Waals surface area contributed by atoms with Crippen molar-refractivity contribution >= 4 is 15.8 Å². The van der Waals surface area contributed by atoms with E-state index in [1.54, 1.807) is 6.07 Å². The molecular weight excluding hydrogens is 652 g/mol. The Hall–Kier alpha value is -2.74. The van der Waals surface area contributed by atoms with Crippen molar-refractivity contribution in [2.75, 3.05) is 26.4 Å². The number of ether oxygens (including phenoxy) is 3. The van der Waals surface area contributed by atoms with Gasteiger partial charge in [0.2, 0.25) is 0 Å². The van der Waals surface area contributed by atoms with E-state index in [0.29, 0.717) is 41.9 Å². The predicted molar refractivity (Wildman–Crippen MR) is 176 cm³/mol. The molecule has 1 heterocycles. The molecule has 0 aliphatic heterocycles. The molecule has 0 amide bonds. The molecule has 10 atom stereocenters. The molecule has 1 aromatic carbocycles. The minimum absolute atomic E-state index is 0.0465. The lowest BCUT2D eigenvalue weighted by Crippen LogP contribution is -2.58. The minimum atomic E-state index is -4.21. The van der Waals surface area contributed by atoms with Crippen molar-refractivity contribution in [3.63, 3.8) is 0 Å². The van der Waals surface area contributed by atoms with Crippen molar-refractivity contribution in [2.45, 2.75) is 107 Å². The zero-order valence-corrected chi connectivity index (χ0v) is 29.7. The lowest BCUT2D eigenvalue weighted by Gasteiger charge is -2.62. The molecule has 13 heteroatoms. The number of carbonyl (C=O) groups is 1. The number of aromatic nitrogens is 2. The molecule has 2 N–H and O–H groups in total. The molecule has 49 heavy (non-hydrogen) atoms. The highest BCUT2D eigenvalue weighted by Crippen LogP contribution is 2.68. The first-order valence-electron chi connectivity index (χ1n) is 18.0. The van der Waals surface area contributed by atoms with Crippen LogP contribution in [-0.2, 0) is 24.1 Å². The van der Waals surface area contributed by atoms with Crippen molar-refractivity contribution in [3.8, 4) is 5.88 Å². The SMILES string of the molecule is C[C@H](CCC(=O)OCCOCCOc1no[n+]([O-])c1S(=O)(=O)c1ccccc1)[C@H]1CC[C@H]2C3[C@@H](O)C[C@@H]4C[C@H](O)CC[C@]4(C)[C@H]3CC[C@]12C. The van der Waals surface area contributed by atoms with Crippen molar-refractivity contribution in [1.82, 2.24) is 5.16 Å². The Morgan fingerprint density at radius 2 is 1.73 bits per heavy atom. The number of aliphatic hydroxyl groups excluding tert-OH is 2. The van der Waals surface area contributed by atoms with Gasteiger partial charge in [-0.05, 0) is 121 Å². The van der Waals surface area contributed by atoms with E-state index in [0.717, 1.165) is 57.8 Å². The van der Waals surface area contributed by atoms with Crippen molar-refractivity contribution in [1.29, 1.82) is 0 Å². The first kappa shape index (κ1) is 36.1. The molecule has 6 rings (SSSR count). The highest BCUT2D eigenvalue weighted by Gasteiger charge is 2.62. The number of rotatable bonds is 13. The van der Waals surface area contributed by atoms with Crippen LogP contribution in [0.15, 0.2) is 44.9 Å². The van der Waals surface area contributed by atoms with E-state index in [9.17, 15) is 28.6 Å². The fourth-order valence-corrected chi connectivity index (χ4v) is 11.8. The average Bonchev–Trinajstić information content (AvgIpc) is 3.63. The standard InChI is InChI=1S/C36H52N2O10S/c1-23(27-10-11-28-32-29(14-16-36(27,28)3)35(2)15-13-25(39)21-24(35)22-30(32)40)9-12-31(41)46-19-17-45-18-20-47-33-34(38(42)48-37-33)49(43,44)26-7-5-4-6-8-26/h4-8,23-25,27-30,32,39-40H,9-22H2,1-3H3/t23-,24+,25-,27-,28+,29+,30+,32?,35+,36-/m1/s1. The number of aliphatic hydroxyl groups is 2. The molecule has 1 aromatic heterocycles. The molecule has 12 nitrogen and oxygen atoms in total. The summed E-state index contributed by atoms with van der Waals surface area (Å²) >= 11 is 0. The van der Waals surface area contributed by atoms with Crippen LogP contribution in [0.1, 0.15) is 85.0 Å². The lowest BCUT2D eigenvalue weighted by molar-refractivity contribution is -0.832. The van der Waals surface area contributed by atoms with Gasteiger partial charge in [0, 0.05) is 6.42 Å². The Morgan fingerprint density at radius 3 is 2.51 bits per heavy atom. The Balaban J connectivity index is 0.912. The first-order valence-corrected chi connectivity index (χ1v) is 19.5. The second-order valence-electron chi connectivity index (χ2n) is 15.5. The van der Waals surface area contributed by atoms with Gasteiger partial charge < -0.3 is 29.6 Å². The van der Waals surface area contributed by atoms with Gasteiger partial charge in [0.1, 0.15) is 13.2 Å². The van der Waals surface area contributed by atoms with E-state index < -0.39 is 20.7 Å². The fourth-order valence-electron chi connectivity index (χ4n) is 10.5. The Morgan fingerprint density at radius 1 is 1.02 bits per heavy atom. The zero-order valence-electron chi connectivity index (χ0n) is 28.9. The number of hydrogen-bond donors (Lipinski definition) is 2. The molecule has 2 aromatic rings. The summed E-state index contributed by atoms with van der Waals surface area (Å²) < 4.78 is 46.4. The molecule has 1 unspecified atom stereocenters. The van der Waals surface area contributed by atoms with Gasteiger partial charge in [-0.25, -0.2) is 8.42 Å². The summed E-state index contributed by atoms with van der Waals surface area (Å²) in [6.07, 6.45) is 8.70. The van der Waals surface area contributed by atoms with Gasteiger partial charge in [0.05, 0.1) is 35.5 Å². The Labute approximate surface area is 288 Å². The van der Waals surface area contributed by atoms with Gasteiger partial charge in [-0.2, -0.15) is 0 Å². The maximum absolute atomic E-state index is 12.9. The first-order chi connectivity index (χ1) is 23.4. The summed E-state index contributed by atoms with van der Waals surface area (Å²) in [4.78, 5) is 12.3. The van der Waals surface area contributed by atoms with Crippen LogP contribution in [0.3, 0.4) is 0 Å². The number of nitrogens with zero attached hydrogens (tertiary/aromatic N) is 2. The third kappa shape index (κ3) is 6.97. The second kappa shape index (κ2) is 14.5. The second-order valence-corrected chi connectivity index (χ2v) is 17.4. The Bertz CT molecular complexity index is 1550. The van der Waals surface area contributed by atoms with Crippen LogP contribution in [0, 0.1) is 51.5 Å². The number of benzene rings is 1. The minimum Gasteiger partial charge on any atom is -0.463 e. The van der Waals surface area contributed by atoms with Gasteiger partial charge in [0.25, 0.3) is 9.84 Å². The van der Waals surface area contributed by atoms with Crippen LogP contribution in [0.4, 0.5) is 0 Å². The maximum Gasteiger partial charge on any atom is 0.415 e. The zero-order chi connectivity index (χ0) is 35.0. The van der Waals surface area contributed by atoms with Crippen LogP contribution in [0.5, 0.6) is 5.88 Å². The summed E-state index contributed by atoms with van der Waals surface area (Å²) in [6.45, 7) is 7.30. The summed E-state index contributed by atoms with van der Waals surface area (Å²) in [7, 11) is -4.21. The van der Waals surface area contributed by atoms with Crippen LogP contribution < -0.4 is 9.64 Å². The largest absolute Gasteiger partial charge is 0.463 e. The van der Waals surface area contributed by atoms with E-state index in [2.05, 4.69) is 30.6 Å². The molecule has 4 aliphatic carbocycles. The Kier molecular flexibility index (Phi) is 10.7. The van der Waals surface area contributed by atoms with Gasteiger partial charge in [-0.3, -0.25) is 9.42 Å². The normalized spacial score (nSPS) is 34.8. The highest BCUT2D eigenvalue weighted by molar-refractivity contribution is 7.91. The van der Waals surface area contributed by atoms with Gasteiger partial charge in [0.15, 0.2) is 0 Å². The van der Waals surface area contributed by atoms with E-state index >= 15 is 0 Å². The predicted octanol–water partition coefficient (Wildman–Crippen LogP) is 4.49. The van der Waals surface area contributed by atoms with Crippen LogP contribution in [0.25, 0.3) is 0 Å². The number of esters is 1. The molecule has 4 aliphatic rings. The van der Waals surface area contributed by atoms with Crippen molar-refractivity contribution in [3.05, 3.63) is 35.5 Å². The van der Waals surface area contributed by atoms with E-state index in [4.69, 9.17) is 14.2 Å². The molecule has 0 saturated heterocycles. The number of hydrogen-bond acceptors (Lipinski definition) is 11. The number of sulfone groups is 1. The van der Waals surface area contributed by atoms with Crippen molar-refractivity contribution < 1.29 is 47.2 Å². The maximum atomic E-state index is 12.9. The molecule has 0 bridgehead atoms. The number of fused-ring (bicyclic) bond motifs is 5. The summed E-state index contributed by atoms with van der Waals surface area (Å²) in [5.41, 5.74) is 0.368. The van der Waals surface area contributed by atoms with Crippen molar-refractivity contribution in [2.24, 2.45) is 46.3 Å². The van der Waals surface area contributed by atoms with Crippen LogP contribution in [0.2, 0.25) is 0 Å². The third-order valence-corrected chi connectivity index (χ3v) is 14.8. The molecule has 0 radical (unpaired) electrons. The summed E-state index contributed by atoms with van der Waals surface area (Å²) in [5.74, 6) is 1.89. The van der Waals surface area contributed by atoms with Gasteiger partial charge >= 0.3 is 16.9 Å². The summed E-state index contributed by atoms with van der Waals surface area (Å²) in [6, 6.07) is 7.44. The average molecular weight is 705 g/mol. The van der Waals surface area contributed by atoms with Gasteiger partial charge in [-0.1, -0.05) is 39.0 Å². The molecular formula is C36H52N2O10S. The third-order valence-electron chi connectivity index (χ3n) is 13.0. The van der Waals surface area contributed by atoms with Crippen LogP contribution >= 0.6 is 0 Å². The quantitative estimate of drug-likeness (QED) is 0.171. The molecule has 272 valence electrons. The topological polar surface area (TPSA) is 172 Å². The molecule has 4 fully saturated rings. The van der Waals surface area contributed by atoms with Crippen LogP contribution in [-0.4, -0.2) is 68.4 Å². The van der Waals surface area contributed by atoms with E-state index in [-0.39, 0.29) is 65.2 Å². The van der Waals surface area contributed by atoms with E-state index in [1.807, 2.05) is 0 Å². The smallest absolute Gasteiger partial charge is 0.415 e. The highest BCUT2D eigenvalue weighted by atomic mass is 32.2. The number of carbonyl (C=O) groups excluding carboxylic acids is 1. The van der Waals surface area contributed by atoms with E-state index in [1.165, 1.54) is 24.3 Å². The molecule has 4 saturated carbocycles. The van der Waals surface area contributed by atoms with Gasteiger partial charge in [-0.15, -0.1) is 0 Å². The molecule has 0 spiro atoms. The fraction of sp³-hybridized carbons (Fsp3) is 0.750. The monoisotopic (exact) mass is 704 g/mol. The lowest BCUT2D eigenvalue weighted by atomic mass is 9.43. The summed E-state index contributed by atoms with van der Waals surface area (Å²) in [5, 5.41) is 36.5.